The highest BCUT2D eigenvalue weighted by Gasteiger charge is 2.57. The van der Waals surface area contributed by atoms with E-state index in [0.29, 0.717) is 5.52 Å². The first-order valence-electron chi connectivity index (χ1n) is 14.3. The Morgan fingerprint density at radius 1 is 1.24 bits per heavy atom. The molecule has 0 unspecified atom stereocenters. The Morgan fingerprint density at radius 2 is 1.93 bits per heavy atom. The normalized spacial score (nSPS) is 28.7. The van der Waals surface area contributed by atoms with Gasteiger partial charge in [-0.25, -0.2) is 14.1 Å². The van der Waals surface area contributed by atoms with Gasteiger partial charge in [-0.15, -0.1) is 0 Å². The van der Waals surface area contributed by atoms with Crippen molar-refractivity contribution in [3.05, 3.63) is 54.5 Å². The maximum atomic E-state index is 14.0. The first kappa shape index (κ1) is 33.6. The van der Waals surface area contributed by atoms with Gasteiger partial charge in [0.05, 0.1) is 11.6 Å². The van der Waals surface area contributed by atoms with Crippen molar-refractivity contribution in [2.24, 2.45) is 5.92 Å². The van der Waals surface area contributed by atoms with Crippen LogP contribution < -0.4 is 15.3 Å². The van der Waals surface area contributed by atoms with E-state index in [0.717, 1.165) is 0 Å². The fourth-order valence-electron chi connectivity index (χ4n) is 5.43. The number of aliphatic hydroxyl groups excluding tert-OH is 2. The fourth-order valence-corrected chi connectivity index (χ4v) is 6.95. The Kier molecular flexibility index (Phi) is 9.60. The van der Waals surface area contributed by atoms with E-state index in [9.17, 15) is 38.0 Å². The summed E-state index contributed by atoms with van der Waals surface area (Å²) in [6, 6.07) is 11.2. The average Bonchev–Trinajstić information content (AvgIpc) is 3.56. The Balaban J connectivity index is 1.31. The van der Waals surface area contributed by atoms with Crippen LogP contribution in [-0.2, 0) is 23.4 Å². The third kappa shape index (κ3) is 6.97. The molecule has 6 atom stereocenters. The summed E-state index contributed by atoms with van der Waals surface area (Å²) in [4.78, 5) is 16.8. The molecule has 248 valence electrons. The molecule has 0 radical (unpaired) electrons. The minimum Gasteiger partial charge on any atom is -0.461 e. The van der Waals surface area contributed by atoms with E-state index >= 15 is 0 Å². The van der Waals surface area contributed by atoms with Crippen LogP contribution in [0.1, 0.15) is 44.4 Å². The predicted molar refractivity (Wildman–Crippen MR) is 153 cm³/mol. The van der Waals surface area contributed by atoms with Crippen molar-refractivity contribution in [3.63, 3.8) is 0 Å². The Bertz CT molecular complexity index is 1630. The lowest BCUT2D eigenvalue weighted by Crippen LogP contribution is -2.46. The van der Waals surface area contributed by atoms with Gasteiger partial charge >= 0.3 is 19.9 Å². The smallest absolute Gasteiger partial charge is 0.459 e. The number of anilines is 1. The Hall–Kier alpha value is -3.78. The van der Waals surface area contributed by atoms with Crippen LogP contribution in [0.15, 0.2) is 48.8 Å². The van der Waals surface area contributed by atoms with E-state index < -0.39 is 68.5 Å². The van der Waals surface area contributed by atoms with Gasteiger partial charge in [-0.2, -0.15) is 28.6 Å². The van der Waals surface area contributed by atoms with Gasteiger partial charge in [0.2, 0.25) is 5.60 Å². The summed E-state index contributed by atoms with van der Waals surface area (Å²) in [5, 5.41) is 38.5. The molecule has 1 aliphatic carbocycles. The summed E-state index contributed by atoms with van der Waals surface area (Å²) < 4.78 is 76.9. The van der Waals surface area contributed by atoms with Crippen LogP contribution in [0.25, 0.3) is 5.52 Å². The molecule has 1 aromatic carbocycles. The molecule has 14 nitrogen and oxygen atoms in total. The van der Waals surface area contributed by atoms with E-state index in [4.69, 9.17) is 24.3 Å². The number of esters is 1. The first-order valence-corrected chi connectivity index (χ1v) is 15.9. The van der Waals surface area contributed by atoms with Crippen LogP contribution in [0.4, 0.5) is 19.0 Å². The number of nitrogens with one attached hydrogen (secondary N) is 1. The topological polar surface area (TPSA) is 204 Å². The van der Waals surface area contributed by atoms with Crippen molar-refractivity contribution in [1.82, 2.24) is 19.7 Å². The third-order valence-electron chi connectivity index (χ3n) is 7.98. The number of carbonyl (C=O) groups is 1. The van der Waals surface area contributed by atoms with Crippen molar-refractivity contribution in [2.75, 3.05) is 12.3 Å². The van der Waals surface area contributed by atoms with Crippen molar-refractivity contribution in [2.45, 2.75) is 74.8 Å². The standard InChI is InChI=1S/C28H32F3N6O8P/c1-16(26(40)43-18-9-7-17(8-10-18)28(29,30)31)36-46(41,45-19-5-3-2-4-6-19)42-14-27(13-32)24(39)22(38)23(44-27)20-11-12-21-25(33)34-15-35-37(20)21/h2-6,11-12,15-18,22-24,38-39H,7-10,14H2,1H3,(H,36,41)(H2,33,34,35)/t16-,17-,18-,22+,23+,24+,27-,46-/m1/s1. The SMILES string of the molecule is C[C@@H](N[P@@](=O)(OC[C@@]1(C#N)O[C@@H](c2ccc3c(N)ncnn23)[C@H](O)[C@@H]1O)Oc1ccccc1)C(=O)O[C@H]1CC[C@H](C(F)(F)F)CC1. The summed E-state index contributed by atoms with van der Waals surface area (Å²) in [6.45, 7) is 0.388. The number of halogens is 3. The largest absolute Gasteiger partial charge is 0.461 e. The van der Waals surface area contributed by atoms with Gasteiger partial charge in [0.1, 0.15) is 60.7 Å². The second-order valence-corrected chi connectivity index (χ2v) is 12.8. The van der Waals surface area contributed by atoms with Gasteiger partial charge in [-0.3, -0.25) is 9.32 Å². The Morgan fingerprint density at radius 3 is 2.59 bits per heavy atom. The minimum absolute atomic E-state index is 0.0102. The number of carbonyl (C=O) groups excluding carboxylic acids is 1. The van der Waals surface area contributed by atoms with Crippen LogP contribution in [0.2, 0.25) is 0 Å². The van der Waals surface area contributed by atoms with Crippen LogP contribution >= 0.6 is 7.75 Å². The van der Waals surface area contributed by atoms with E-state index in [2.05, 4.69) is 15.2 Å². The number of alkyl halides is 3. The number of nitrogens with zero attached hydrogens (tertiary/aromatic N) is 4. The molecule has 2 fully saturated rings. The summed E-state index contributed by atoms with van der Waals surface area (Å²) in [6.07, 6.45) is -9.11. The van der Waals surface area contributed by atoms with E-state index in [1.807, 2.05) is 0 Å². The minimum atomic E-state index is -4.58. The maximum Gasteiger partial charge on any atom is 0.459 e. The summed E-state index contributed by atoms with van der Waals surface area (Å²) >= 11 is 0. The Labute approximate surface area is 260 Å². The van der Waals surface area contributed by atoms with Crippen LogP contribution in [0.3, 0.4) is 0 Å². The van der Waals surface area contributed by atoms with Crippen molar-refractivity contribution < 1.29 is 51.3 Å². The molecular weight excluding hydrogens is 636 g/mol. The van der Waals surface area contributed by atoms with E-state index in [1.165, 1.54) is 36.0 Å². The maximum absolute atomic E-state index is 14.0. The second-order valence-electron chi connectivity index (χ2n) is 11.2. The molecule has 2 aromatic heterocycles. The number of nitrogens with two attached hydrogens (primary N) is 1. The number of hydrogen-bond donors (Lipinski definition) is 4. The molecule has 1 aliphatic heterocycles. The predicted octanol–water partition coefficient (Wildman–Crippen LogP) is 3.21. The monoisotopic (exact) mass is 668 g/mol. The number of nitriles is 1. The average molecular weight is 669 g/mol. The molecule has 0 amide bonds. The zero-order valence-electron chi connectivity index (χ0n) is 24.4. The van der Waals surface area contributed by atoms with E-state index in [-0.39, 0.29) is 42.9 Å². The highest BCUT2D eigenvalue weighted by molar-refractivity contribution is 7.52. The zero-order chi connectivity index (χ0) is 33.3. The van der Waals surface area contributed by atoms with Crippen LogP contribution in [0.5, 0.6) is 5.75 Å². The number of benzene rings is 1. The first-order chi connectivity index (χ1) is 21.7. The number of nitrogen functional groups attached to an aromatic ring is 1. The van der Waals surface area contributed by atoms with Crippen LogP contribution in [-0.4, -0.2) is 73.5 Å². The number of para-hydroxylation sites is 1. The lowest BCUT2D eigenvalue weighted by Gasteiger charge is -2.31. The number of hydrogen-bond acceptors (Lipinski definition) is 12. The molecule has 1 saturated heterocycles. The van der Waals surface area contributed by atoms with Crippen molar-refractivity contribution >= 4 is 25.1 Å². The highest BCUT2D eigenvalue weighted by atomic mass is 31.2. The number of ether oxygens (including phenoxy) is 2. The molecule has 1 saturated carbocycles. The molecule has 3 aromatic rings. The fraction of sp³-hybridized carbons (Fsp3) is 0.500. The van der Waals surface area contributed by atoms with Gasteiger partial charge in [0, 0.05) is 0 Å². The van der Waals surface area contributed by atoms with Gasteiger partial charge < -0.3 is 29.9 Å². The number of aliphatic hydroxyl groups is 2. The van der Waals surface area contributed by atoms with Gasteiger partial charge in [0.15, 0.2) is 5.82 Å². The zero-order valence-corrected chi connectivity index (χ0v) is 25.3. The second kappa shape index (κ2) is 13.1. The van der Waals surface area contributed by atoms with Gasteiger partial charge in [-0.1, -0.05) is 18.2 Å². The molecule has 5 N–H and O–H groups in total. The molecule has 2 aliphatic rings. The number of aromatic nitrogens is 3. The number of fused-ring (bicyclic) bond motifs is 1. The summed E-state index contributed by atoms with van der Waals surface area (Å²) in [5.41, 5.74) is 4.22. The molecule has 3 heterocycles. The van der Waals surface area contributed by atoms with E-state index in [1.54, 1.807) is 30.3 Å². The lowest BCUT2D eigenvalue weighted by molar-refractivity contribution is -0.188. The van der Waals surface area contributed by atoms with Crippen molar-refractivity contribution in [1.29, 1.82) is 5.26 Å². The molecule has 5 rings (SSSR count). The molecule has 18 heteroatoms. The summed E-state index contributed by atoms with van der Waals surface area (Å²) in [7, 11) is -4.58. The quantitative estimate of drug-likeness (QED) is 0.181. The molecule has 0 spiro atoms. The molecule has 0 bridgehead atoms. The molecular formula is C28H32F3N6O8P. The highest BCUT2D eigenvalue weighted by Crippen LogP contribution is 2.48. The molecule has 46 heavy (non-hydrogen) atoms. The summed E-state index contributed by atoms with van der Waals surface area (Å²) in [5.74, 6) is -2.19. The lowest BCUT2D eigenvalue weighted by atomic mass is 9.87. The van der Waals surface area contributed by atoms with Gasteiger partial charge in [-0.05, 0) is 56.9 Å². The number of rotatable bonds is 10. The third-order valence-corrected chi connectivity index (χ3v) is 9.61. The van der Waals surface area contributed by atoms with Crippen LogP contribution in [0, 0.1) is 17.2 Å². The van der Waals surface area contributed by atoms with Gasteiger partial charge in [0.25, 0.3) is 0 Å². The van der Waals surface area contributed by atoms with Crippen molar-refractivity contribution in [3.8, 4) is 11.8 Å².